The van der Waals surface area contributed by atoms with Gasteiger partial charge in [-0.15, -0.1) is 0 Å². The van der Waals surface area contributed by atoms with Crippen molar-refractivity contribution in [2.45, 2.75) is 13.8 Å². The molecule has 4 heteroatoms. The van der Waals surface area contributed by atoms with Crippen LogP contribution in [0.15, 0.2) is 0 Å². The van der Waals surface area contributed by atoms with Crippen molar-refractivity contribution in [1.82, 2.24) is 0 Å². The fourth-order valence-corrected chi connectivity index (χ4v) is 1.64. The van der Waals surface area contributed by atoms with Crippen LogP contribution in [0.25, 0.3) is 0 Å². The van der Waals surface area contributed by atoms with Crippen LogP contribution in [-0.4, -0.2) is 25.2 Å². The third-order valence-corrected chi connectivity index (χ3v) is 3.07. The van der Waals surface area contributed by atoms with Crippen molar-refractivity contribution >= 4 is 11.9 Å². The van der Waals surface area contributed by atoms with E-state index in [1.807, 2.05) is 6.92 Å². The van der Waals surface area contributed by atoms with E-state index in [1.54, 1.807) is 6.92 Å². The number of fused-ring (bicyclic) bond motifs is 1. The molecule has 2 aliphatic heterocycles. The molecule has 0 unspecified atom stereocenters. The number of ether oxygens (including phenoxy) is 2. The maximum absolute atomic E-state index is 11.3. The summed E-state index contributed by atoms with van der Waals surface area (Å²) >= 11 is 0. The first-order valence-corrected chi connectivity index (χ1v) is 3.85. The number of carbonyl (C=O) groups excluding carboxylic acids is 2. The fourth-order valence-electron chi connectivity index (χ4n) is 1.64. The van der Waals surface area contributed by atoms with Gasteiger partial charge in [-0.05, 0) is 6.92 Å². The second-order valence-corrected chi connectivity index (χ2v) is 3.84. The Kier molecular flexibility index (Phi) is 1.14. The second-order valence-electron chi connectivity index (χ2n) is 3.84. The highest BCUT2D eigenvalue weighted by molar-refractivity contribution is 6.03. The molecule has 2 fully saturated rings. The third kappa shape index (κ3) is 0.552. The number of hydrogen-bond acceptors (Lipinski definition) is 4. The summed E-state index contributed by atoms with van der Waals surface area (Å²) in [7, 11) is 0. The van der Waals surface area contributed by atoms with Crippen molar-refractivity contribution in [2.75, 3.05) is 13.2 Å². The quantitative estimate of drug-likeness (QED) is 0.382. The van der Waals surface area contributed by atoms with E-state index in [4.69, 9.17) is 9.47 Å². The van der Waals surface area contributed by atoms with Crippen LogP contribution in [-0.2, 0) is 19.1 Å². The van der Waals surface area contributed by atoms with E-state index in [-0.39, 0.29) is 13.2 Å². The second kappa shape index (κ2) is 1.81. The van der Waals surface area contributed by atoms with E-state index in [1.165, 1.54) is 0 Å². The van der Waals surface area contributed by atoms with E-state index in [2.05, 4.69) is 0 Å². The minimum absolute atomic E-state index is 0.286. The zero-order valence-corrected chi connectivity index (χ0v) is 7.05. The largest absolute Gasteiger partial charge is 0.464 e. The summed E-state index contributed by atoms with van der Waals surface area (Å²) < 4.78 is 9.71. The zero-order valence-electron chi connectivity index (χ0n) is 7.05. The summed E-state index contributed by atoms with van der Waals surface area (Å²) in [5.74, 6) is -0.903. The van der Waals surface area contributed by atoms with Gasteiger partial charge in [0.05, 0.1) is 5.41 Å². The standard InChI is InChI=1S/C8H10O4/c1-7-3-11-5(9)8(7,2)6(10)12-4-7/h3-4H2,1-2H3. The number of esters is 2. The molecular weight excluding hydrogens is 160 g/mol. The Hall–Kier alpha value is -1.06. The van der Waals surface area contributed by atoms with Gasteiger partial charge in [-0.2, -0.15) is 0 Å². The van der Waals surface area contributed by atoms with E-state index in [0.29, 0.717) is 0 Å². The monoisotopic (exact) mass is 170 g/mol. The van der Waals surface area contributed by atoms with E-state index in [0.717, 1.165) is 0 Å². The molecular formula is C8H10O4. The summed E-state index contributed by atoms with van der Waals surface area (Å²) in [6.45, 7) is 4.00. The van der Waals surface area contributed by atoms with Gasteiger partial charge in [-0.25, -0.2) is 0 Å². The predicted octanol–water partition coefficient (Wildman–Crippen LogP) is 0.113. The van der Waals surface area contributed by atoms with E-state index >= 15 is 0 Å². The number of cyclic esters (lactones) is 2. The number of rotatable bonds is 0. The van der Waals surface area contributed by atoms with Gasteiger partial charge in [0.15, 0.2) is 5.41 Å². The Morgan fingerprint density at radius 3 is 1.83 bits per heavy atom. The molecule has 0 bridgehead atoms. The van der Waals surface area contributed by atoms with Crippen molar-refractivity contribution < 1.29 is 19.1 Å². The molecule has 0 radical (unpaired) electrons. The summed E-state index contributed by atoms with van der Waals surface area (Å²) in [6.07, 6.45) is 0. The van der Waals surface area contributed by atoms with Gasteiger partial charge in [0.2, 0.25) is 0 Å². The normalized spacial score (nSPS) is 45.5. The fraction of sp³-hybridized carbons (Fsp3) is 0.750. The summed E-state index contributed by atoms with van der Waals surface area (Å²) in [5.41, 5.74) is -1.52. The molecule has 0 aliphatic carbocycles. The molecule has 0 aromatic carbocycles. The van der Waals surface area contributed by atoms with Crippen LogP contribution < -0.4 is 0 Å². The molecule has 0 saturated carbocycles. The molecule has 2 heterocycles. The number of hydrogen-bond donors (Lipinski definition) is 0. The van der Waals surface area contributed by atoms with Crippen molar-refractivity contribution in [3.05, 3.63) is 0 Å². The topological polar surface area (TPSA) is 52.6 Å². The van der Waals surface area contributed by atoms with E-state index in [9.17, 15) is 9.59 Å². The van der Waals surface area contributed by atoms with E-state index < -0.39 is 22.8 Å². The Morgan fingerprint density at radius 2 is 1.50 bits per heavy atom. The molecule has 2 rings (SSSR count). The van der Waals surface area contributed by atoms with Crippen LogP contribution in [0.4, 0.5) is 0 Å². The van der Waals surface area contributed by atoms with Crippen LogP contribution in [0.5, 0.6) is 0 Å². The minimum Gasteiger partial charge on any atom is -0.464 e. The molecule has 0 spiro atoms. The van der Waals surface area contributed by atoms with Crippen LogP contribution in [0, 0.1) is 10.8 Å². The molecule has 4 nitrogen and oxygen atoms in total. The molecule has 0 atom stereocenters. The maximum Gasteiger partial charge on any atom is 0.324 e. The molecule has 66 valence electrons. The van der Waals surface area contributed by atoms with Gasteiger partial charge in [0.1, 0.15) is 13.2 Å². The van der Waals surface area contributed by atoms with Gasteiger partial charge in [0.25, 0.3) is 0 Å². The lowest BCUT2D eigenvalue weighted by Crippen LogP contribution is -2.39. The highest BCUT2D eigenvalue weighted by Crippen LogP contribution is 2.50. The van der Waals surface area contributed by atoms with Crippen molar-refractivity contribution in [3.8, 4) is 0 Å². The Bertz CT molecular complexity index is 248. The van der Waals surface area contributed by atoms with Crippen molar-refractivity contribution in [3.63, 3.8) is 0 Å². The van der Waals surface area contributed by atoms with Crippen LogP contribution in [0.2, 0.25) is 0 Å². The van der Waals surface area contributed by atoms with Gasteiger partial charge in [-0.3, -0.25) is 9.59 Å². The van der Waals surface area contributed by atoms with Crippen LogP contribution in [0.1, 0.15) is 13.8 Å². The Balaban J connectivity index is 2.52. The maximum atomic E-state index is 11.3. The summed E-state index contributed by atoms with van der Waals surface area (Å²) in [6, 6.07) is 0. The lowest BCUT2D eigenvalue weighted by Gasteiger charge is -2.21. The molecule has 0 aromatic rings. The van der Waals surface area contributed by atoms with Crippen molar-refractivity contribution in [2.24, 2.45) is 10.8 Å². The van der Waals surface area contributed by atoms with Gasteiger partial charge in [-0.1, -0.05) is 6.92 Å². The first-order chi connectivity index (χ1) is 5.51. The number of carbonyl (C=O) groups is 2. The first-order valence-electron chi connectivity index (χ1n) is 3.85. The molecule has 2 aliphatic rings. The minimum atomic E-state index is -1.06. The summed E-state index contributed by atoms with van der Waals surface area (Å²) in [4.78, 5) is 22.5. The van der Waals surface area contributed by atoms with Crippen molar-refractivity contribution in [1.29, 1.82) is 0 Å². The lowest BCUT2D eigenvalue weighted by molar-refractivity contribution is -0.158. The average molecular weight is 170 g/mol. The average Bonchev–Trinajstić information content (AvgIpc) is 2.39. The van der Waals surface area contributed by atoms with Crippen LogP contribution in [0.3, 0.4) is 0 Å². The molecule has 2 saturated heterocycles. The Labute approximate surface area is 69.8 Å². The SMILES string of the molecule is CC12COC(=O)C1(C)C(=O)OC2. The van der Waals surface area contributed by atoms with Gasteiger partial charge in [0, 0.05) is 0 Å². The predicted molar refractivity (Wildman–Crippen MR) is 38.1 cm³/mol. The smallest absolute Gasteiger partial charge is 0.324 e. The molecule has 0 aromatic heterocycles. The van der Waals surface area contributed by atoms with Crippen LogP contribution >= 0.6 is 0 Å². The first kappa shape index (κ1) is 7.58. The molecule has 0 amide bonds. The lowest BCUT2D eigenvalue weighted by atomic mass is 9.70. The Morgan fingerprint density at radius 1 is 1.08 bits per heavy atom. The van der Waals surface area contributed by atoms with Gasteiger partial charge < -0.3 is 9.47 Å². The highest BCUT2D eigenvalue weighted by atomic mass is 16.6. The van der Waals surface area contributed by atoms with Gasteiger partial charge >= 0.3 is 11.9 Å². The highest BCUT2D eigenvalue weighted by Gasteiger charge is 2.67. The molecule has 12 heavy (non-hydrogen) atoms. The summed E-state index contributed by atoms with van der Waals surface area (Å²) in [5, 5.41) is 0. The third-order valence-electron chi connectivity index (χ3n) is 3.07. The molecule has 0 N–H and O–H groups in total. The zero-order chi connectivity index (χ0) is 8.98.